The molecule has 0 spiro atoms. The number of aliphatic imine (C=N–C) groups is 1. The van der Waals surface area contributed by atoms with E-state index in [1.54, 1.807) is 7.05 Å². The number of nitrogens with two attached hydrogens (primary N) is 1. The molecule has 2 aliphatic rings. The monoisotopic (exact) mass is 556 g/mol. The molecule has 1 aromatic rings. The Kier molecular flexibility index (Phi) is 7.55. The molecule has 0 aromatic carbocycles. The van der Waals surface area contributed by atoms with Crippen LogP contribution in [0.3, 0.4) is 0 Å². The fraction of sp³-hybridized carbons (Fsp3) is 0.636. The van der Waals surface area contributed by atoms with Crippen LogP contribution in [0, 0.1) is 0 Å². The quantitative estimate of drug-likeness (QED) is 0.115. The van der Waals surface area contributed by atoms with Crippen molar-refractivity contribution in [2.24, 2.45) is 17.8 Å². The van der Waals surface area contributed by atoms with Crippen molar-refractivity contribution in [3.8, 4) is 0 Å². The molecule has 7 atom stereocenters. The van der Waals surface area contributed by atoms with Gasteiger partial charge in [-0.05, 0) is 11.8 Å². The van der Waals surface area contributed by atoms with Gasteiger partial charge in [0.2, 0.25) is 18.1 Å². The van der Waals surface area contributed by atoms with Crippen LogP contribution in [-0.2, 0) is 45.9 Å². The average Bonchev–Trinajstić information content (AvgIpc) is 3.07. The van der Waals surface area contributed by atoms with Gasteiger partial charge in [-0.2, -0.15) is 9.30 Å². The van der Waals surface area contributed by atoms with Crippen LogP contribution in [0.2, 0.25) is 0 Å². The van der Waals surface area contributed by atoms with Gasteiger partial charge in [0.1, 0.15) is 18.3 Å². The van der Waals surface area contributed by atoms with Crippen LogP contribution in [-0.4, -0.2) is 70.3 Å². The van der Waals surface area contributed by atoms with Crippen molar-refractivity contribution in [3.63, 3.8) is 0 Å². The third kappa shape index (κ3) is 6.24. The predicted molar refractivity (Wildman–Crippen MR) is 108 cm³/mol. The van der Waals surface area contributed by atoms with Crippen molar-refractivity contribution < 1.29 is 66.5 Å². The summed E-state index contributed by atoms with van der Waals surface area (Å²) in [4.78, 5) is 40.1. The number of nitrogens with zero attached hydrogens (tertiary/aromatic N) is 3. The minimum Gasteiger partial charge on any atom is -0.387 e. The van der Waals surface area contributed by atoms with E-state index in [4.69, 9.17) is 24.8 Å². The average molecular weight is 556 g/mol. The van der Waals surface area contributed by atoms with E-state index in [1.807, 2.05) is 0 Å². The summed E-state index contributed by atoms with van der Waals surface area (Å²) < 4.78 is 43.0. The smallest absolute Gasteiger partial charge is 0.387 e. The highest BCUT2D eigenvalue weighted by Gasteiger charge is 2.49. The van der Waals surface area contributed by atoms with Gasteiger partial charge in [-0.25, -0.2) is 23.3 Å². The third-order valence-electron chi connectivity index (χ3n) is 4.36. The minimum atomic E-state index is -5.51. The Hall–Kier alpha value is -0.850. The fourth-order valence-electron chi connectivity index (χ4n) is 3.15. The standard InChI is InChI=1S/C11H20N5O13P3S/c1-15-3-16(8-5(15)9(19)14-11(12)13-8)10-7(18)6(17)4(27-10)2-26-32(25,33)29-31(23,24)28-30(20,21)22/h3-4,6-7,9-10,17-19H,2H2,1H3,(H6-,12,13,14,20,21,22,23,24,25,33)/p+1/t4-,6-,7-,9?,10-,32?/m1/s1. The van der Waals surface area contributed by atoms with Gasteiger partial charge in [0, 0.05) is 0 Å². The van der Waals surface area contributed by atoms with E-state index in [0.29, 0.717) is 0 Å². The summed E-state index contributed by atoms with van der Waals surface area (Å²) in [5.74, 6) is 0.0914. The molecule has 10 N–H and O–H groups in total. The van der Waals surface area contributed by atoms with Crippen LogP contribution in [0.4, 0.5) is 5.82 Å². The molecule has 2 aliphatic heterocycles. The first-order valence-corrected chi connectivity index (χ1v) is 14.3. The zero-order valence-corrected chi connectivity index (χ0v) is 19.9. The van der Waals surface area contributed by atoms with Crippen molar-refractivity contribution in [2.45, 2.75) is 30.8 Å². The fourth-order valence-corrected chi connectivity index (χ4v) is 7.12. The number of aromatic nitrogens is 2. The maximum absolute atomic E-state index is 11.6. The molecule has 3 unspecified atom stereocenters. The van der Waals surface area contributed by atoms with Crippen LogP contribution < -0.4 is 15.6 Å². The maximum Gasteiger partial charge on any atom is 0.488 e. The molecule has 0 amide bonds. The molecule has 0 aliphatic carbocycles. The number of anilines is 1. The molecule has 1 fully saturated rings. The van der Waals surface area contributed by atoms with Crippen LogP contribution in [0.25, 0.3) is 0 Å². The lowest BCUT2D eigenvalue weighted by Crippen LogP contribution is -2.48. The molecule has 188 valence electrons. The van der Waals surface area contributed by atoms with E-state index >= 15 is 0 Å². The van der Waals surface area contributed by atoms with E-state index in [0.717, 1.165) is 0 Å². The molecule has 22 heteroatoms. The minimum absolute atomic E-state index is 0.119. The number of hydrogen-bond donors (Lipinski definition) is 9. The van der Waals surface area contributed by atoms with Gasteiger partial charge in [0.05, 0.1) is 13.7 Å². The van der Waals surface area contributed by atoms with Crippen LogP contribution in [0.15, 0.2) is 11.3 Å². The first-order chi connectivity index (χ1) is 15.0. The van der Waals surface area contributed by atoms with Crippen molar-refractivity contribution in [3.05, 3.63) is 12.0 Å². The number of rotatable bonds is 8. The number of nitrogens with one attached hydrogen (secondary N) is 1. The molecule has 0 bridgehead atoms. The summed E-state index contributed by atoms with van der Waals surface area (Å²) in [5, 5.41) is 33.6. The van der Waals surface area contributed by atoms with E-state index in [2.05, 4.69) is 30.7 Å². The lowest BCUT2D eigenvalue weighted by Gasteiger charge is -2.21. The molecule has 0 saturated carbocycles. The number of imidazole rings is 1. The second kappa shape index (κ2) is 9.31. The van der Waals surface area contributed by atoms with Gasteiger partial charge in [-0.15, -0.1) is 0 Å². The number of guanidine groups is 1. The second-order valence-electron chi connectivity index (χ2n) is 6.81. The van der Waals surface area contributed by atoms with E-state index in [9.17, 15) is 34.2 Å². The molecule has 0 radical (unpaired) electrons. The van der Waals surface area contributed by atoms with Crippen molar-refractivity contribution >= 4 is 45.9 Å². The highest BCUT2D eigenvalue weighted by Crippen LogP contribution is 2.66. The van der Waals surface area contributed by atoms with Gasteiger partial charge in [0.25, 0.3) is 11.8 Å². The molecular weight excluding hydrogens is 535 g/mol. The summed E-state index contributed by atoms with van der Waals surface area (Å²) in [5.41, 5.74) is 5.90. The van der Waals surface area contributed by atoms with Crippen molar-refractivity contribution in [1.29, 1.82) is 0 Å². The van der Waals surface area contributed by atoms with Crippen molar-refractivity contribution in [1.82, 2.24) is 4.57 Å². The van der Waals surface area contributed by atoms with Gasteiger partial charge in [-0.1, -0.05) is 0 Å². The van der Waals surface area contributed by atoms with Crippen molar-refractivity contribution in [2.75, 3.05) is 11.9 Å². The van der Waals surface area contributed by atoms with Gasteiger partial charge in [-0.3, -0.25) is 4.57 Å². The summed E-state index contributed by atoms with van der Waals surface area (Å²) in [7, 11) is -9.41. The Morgan fingerprint density at radius 3 is 2.48 bits per heavy atom. The Bertz CT molecular complexity index is 1090. The molecule has 18 nitrogen and oxygen atoms in total. The molecule has 33 heavy (non-hydrogen) atoms. The lowest BCUT2D eigenvalue weighted by molar-refractivity contribution is -0.753. The SMILES string of the molecule is Cn1c[n+]([C@@H]2O[C@H](COP(O)(=S)OP(=O)(O)OP(=O)(O)O)[C@@H](O)[C@H]2O)c2c1C(O)N=C(N)N2. The number of ether oxygens (including phenoxy) is 1. The van der Waals surface area contributed by atoms with Crippen LogP contribution in [0.5, 0.6) is 0 Å². The zero-order chi connectivity index (χ0) is 24.9. The van der Waals surface area contributed by atoms with E-state index in [1.165, 1.54) is 15.5 Å². The van der Waals surface area contributed by atoms with E-state index < -0.39 is 59.7 Å². The number of hydrogen-bond acceptors (Lipinski definition) is 13. The first kappa shape index (κ1) is 26.7. The highest BCUT2D eigenvalue weighted by atomic mass is 32.5. The van der Waals surface area contributed by atoms with Crippen LogP contribution in [0.1, 0.15) is 18.1 Å². The topological polar surface area (TPSA) is 272 Å². The Labute approximate surface area is 189 Å². The van der Waals surface area contributed by atoms with Gasteiger partial charge in [0.15, 0.2) is 6.33 Å². The maximum atomic E-state index is 11.6. The number of fused-ring (bicyclic) bond motifs is 1. The molecule has 3 heterocycles. The van der Waals surface area contributed by atoms with Crippen LogP contribution >= 0.6 is 22.4 Å². The molecule has 3 rings (SSSR count). The normalized spacial score (nSPS) is 31.3. The lowest BCUT2D eigenvalue weighted by atomic mass is 10.1. The summed E-state index contributed by atoms with van der Waals surface area (Å²) in [6, 6.07) is 0. The number of aryl methyl sites for hydroxylation is 1. The number of aliphatic hydroxyl groups is 3. The molecule has 1 aromatic heterocycles. The Morgan fingerprint density at radius 1 is 1.24 bits per heavy atom. The molecular formula is C11H21N5O13P3S+. The Morgan fingerprint density at radius 2 is 1.88 bits per heavy atom. The molecule has 1 saturated heterocycles. The summed E-state index contributed by atoms with van der Waals surface area (Å²) in [6.07, 6.45) is -5.68. The first-order valence-electron chi connectivity index (χ1n) is 8.68. The summed E-state index contributed by atoms with van der Waals surface area (Å²) in [6.45, 7) is -5.40. The third-order valence-corrected chi connectivity index (χ3v) is 9.08. The predicted octanol–water partition coefficient (Wildman–Crippen LogP) is -2.88. The Balaban J connectivity index is 1.71. The van der Waals surface area contributed by atoms with Gasteiger partial charge < -0.3 is 49.9 Å². The van der Waals surface area contributed by atoms with E-state index in [-0.39, 0.29) is 17.5 Å². The summed E-state index contributed by atoms with van der Waals surface area (Å²) >= 11 is 4.50. The second-order valence-corrected chi connectivity index (χ2v) is 12.6. The zero-order valence-electron chi connectivity index (χ0n) is 16.4. The number of phosphoric acid groups is 2. The van der Waals surface area contributed by atoms with Gasteiger partial charge >= 0.3 is 22.4 Å². The largest absolute Gasteiger partial charge is 0.488 e. The number of aliphatic hydroxyl groups excluding tert-OH is 3. The highest BCUT2D eigenvalue weighted by molar-refractivity contribution is 8.08.